The zero-order valence-corrected chi connectivity index (χ0v) is 10.3. The molecule has 0 heterocycles. The molecule has 0 bridgehead atoms. The number of carboxylic acids is 1. The maximum Gasteiger partial charge on any atom is 0.335 e. The van der Waals surface area contributed by atoms with Gasteiger partial charge in [0, 0.05) is 10.6 Å². The van der Waals surface area contributed by atoms with E-state index >= 15 is 0 Å². The second-order valence-corrected chi connectivity index (χ2v) is 4.40. The second kappa shape index (κ2) is 4.78. The van der Waals surface area contributed by atoms with E-state index in [1.54, 1.807) is 25.1 Å². The van der Waals surface area contributed by atoms with Crippen LogP contribution in [0.5, 0.6) is 0 Å². The van der Waals surface area contributed by atoms with Crippen LogP contribution in [0.3, 0.4) is 0 Å². The summed E-state index contributed by atoms with van der Waals surface area (Å²) in [5, 5.41) is 9.34. The summed E-state index contributed by atoms with van der Waals surface area (Å²) in [6, 6.07) is 9.12. The molecule has 18 heavy (non-hydrogen) atoms. The minimum Gasteiger partial charge on any atom is -0.478 e. The molecular weight excluding hydrogens is 255 g/mol. The van der Waals surface area contributed by atoms with E-state index in [9.17, 15) is 9.18 Å². The van der Waals surface area contributed by atoms with Crippen LogP contribution in [0.4, 0.5) is 4.39 Å². The normalized spacial score (nSPS) is 10.4. The summed E-state index contributed by atoms with van der Waals surface area (Å²) in [5.74, 6) is -1.49. The Morgan fingerprint density at radius 2 is 1.94 bits per heavy atom. The quantitative estimate of drug-likeness (QED) is 0.885. The highest BCUT2D eigenvalue weighted by molar-refractivity contribution is 6.30. The van der Waals surface area contributed by atoms with Gasteiger partial charge in [-0.15, -0.1) is 0 Å². The lowest BCUT2D eigenvalue weighted by Crippen LogP contribution is -2.00. The zero-order valence-electron chi connectivity index (χ0n) is 9.58. The third kappa shape index (κ3) is 2.36. The molecule has 0 spiro atoms. The molecule has 0 aromatic heterocycles. The number of carbonyl (C=O) groups is 1. The van der Waals surface area contributed by atoms with Crippen molar-refractivity contribution >= 4 is 17.6 Å². The van der Waals surface area contributed by atoms with Crippen LogP contribution in [0.1, 0.15) is 15.9 Å². The van der Waals surface area contributed by atoms with Gasteiger partial charge in [0.2, 0.25) is 0 Å². The minimum absolute atomic E-state index is 0.168. The molecule has 0 aliphatic carbocycles. The molecule has 0 atom stereocenters. The van der Waals surface area contributed by atoms with Gasteiger partial charge in [-0.1, -0.05) is 23.7 Å². The summed E-state index contributed by atoms with van der Waals surface area (Å²) in [6.45, 7) is 1.70. The van der Waals surface area contributed by atoms with Crippen LogP contribution in [-0.4, -0.2) is 11.1 Å². The van der Waals surface area contributed by atoms with Crippen LogP contribution in [0, 0.1) is 12.7 Å². The van der Waals surface area contributed by atoms with E-state index in [-0.39, 0.29) is 5.56 Å². The molecule has 0 fully saturated rings. The molecule has 2 aromatic carbocycles. The summed E-state index contributed by atoms with van der Waals surface area (Å²) in [5.41, 5.74) is 1.66. The predicted octanol–water partition coefficient (Wildman–Crippen LogP) is 4.15. The van der Waals surface area contributed by atoms with Crippen molar-refractivity contribution in [2.24, 2.45) is 0 Å². The third-order valence-corrected chi connectivity index (χ3v) is 2.95. The van der Waals surface area contributed by atoms with E-state index in [1.807, 2.05) is 0 Å². The Morgan fingerprint density at radius 1 is 1.22 bits per heavy atom. The van der Waals surface area contributed by atoms with Crippen molar-refractivity contribution in [2.45, 2.75) is 6.92 Å². The van der Waals surface area contributed by atoms with Crippen molar-refractivity contribution in [1.29, 1.82) is 0 Å². The van der Waals surface area contributed by atoms with Crippen molar-refractivity contribution < 1.29 is 14.3 Å². The van der Waals surface area contributed by atoms with Gasteiger partial charge in [-0.2, -0.15) is 0 Å². The van der Waals surface area contributed by atoms with Gasteiger partial charge in [-0.25, -0.2) is 9.18 Å². The van der Waals surface area contributed by atoms with Crippen LogP contribution >= 0.6 is 11.6 Å². The number of halogens is 2. The highest BCUT2D eigenvalue weighted by Crippen LogP contribution is 2.27. The number of aromatic carboxylic acids is 1. The third-order valence-electron chi connectivity index (χ3n) is 2.71. The van der Waals surface area contributed by atoms with Gasteiger partial charge in [-0.3, -0.25) is 0 Å². The van der Waals surface area contributed by atoms with Crippen molar-refractivity contribution in [3.63, 3.8) is 0 Å². The zero-order chi connectivity index (χ0) is 13.3. The van der Waals surface area contributed by atoms with Gasteiger partial charge in [-0.05, 0) is 42.3 Å². The Balaban J connectivity index is 2.58. The Morgan fingerprint density at radius 3 is 2.56 bits per heavy atom. The highest BCUT2D eigenvalue weighted by Gasteiger charge is 2.11. The van der Waals surface area contributed by atoms with Crippen LogP contribution < -0.4 is 0 Å². The molecule has 0 saturated heterocycles. The van der Waals surface area contributed by atoms with Crippen molar-refractivity contribution in [1.82, 2.24) is 0 Å². The molecular formula is C14H10ClFO2. The number of aryl methyl sites for hydroxylation is 1. The number of rotatable bonds is 2. The van der Waals surface area contributed by atoms with E-state index in [0.29, 0.717) is 21.7 Å². The van der Waals surface area contributed by atoms with Gasteiger partial charge in [0.25, 0.3) is 0 Å². The maximum absolute atomic E-state index is 13.7. The fraction of sp³-hybridized carbons (Fsp3) is 0.0714. The molecule has 0 amide bonds. The lowest BCUT2D eigenvalue weighted by Gasteiger charge is -2.07. The van der Waals surface area contributed by atoms with E-state index in [1.165, 1.54) is 18.2 Å². The first-order valence-corrected chi connectivity index (χ1v) is 5.66. The van der Waals surface area contributed by atoms with Crippen molar-refractivity contribution in [3.8, 4) is 11.1 Å². The summed E-state index contributed by atoms with van der Waals surface area (Å²) in [4.78, 5) is 11.0. The van der Waals surface area contributed by atoms with Crippen molar-refractivity contribution in [3.05, 3.63) is 58.4 Å². The van der Waals surface area contributed by atoms with Gasteiger partial charge in [0.05, 0.1) is 5.56 Å². The summed E-state index contributed by atoms with van der Waals surface area (Å²) < 4.78 is 13.7. The maximum atomic E-state index is 13.7. The minimum atomic E-state index is -1.02. The average molecular weight is 265 g/mol. The van der Waals surface area contributed by atoms with Crippen LogP contribution in [0.2, 0.25) is 5.02 Å². The van der Waals surface area contributed by atoms with Gasteiger partial charge < -0.3 is 5.11 Å². The molecule has 1 N–H and O–H groups in total. The summed E-state index contributed by atoms with van der Waals surface area (Å²) in [7, 11) is 0. The summed E-state index contributed by atoms with van der Waals surface area (Å²) >= 11 is 5.68. The Bertz CT molecular complexity index is 623. The Hall–Kier alpha value is -1.87. The molecule has 0 aliphatic rings. The molecule has 0 radical (unpaired) electrons. The molecule has 2 rings (SSSR count). The topological polar surface area (TPSA) is 37.3 Å². The van der Waals surface area contributed by atoms with Crippen LogP contribution in [0.15, 0.2) is 36.4 Å². The van der Waals surface area contributed by atoms with Gasteiger partial charge in [0.15, 0.2) is 0 Å². The molecule has 4 heteroatoms. The first kappa shape index (κ1) is 12.6. The number of carboxylic acid groups (broad SMARTS) is 1. The van der Waals surface area contributed by atoms with E-state index < -0.39 is 11.8 Å². The van der Waals surface area contributed by atoms with Crippen LogP contribution in [0.25, 0.3) is 11.1 Å². The SMILES string of the molecule is Cc1ccc(-c2ccc(Cl)cc2F)cc1C(=O)O. The number of hydrogen-bond donors (Lipinski definition) is 1. The first-order chi connectivity index (χ1) is 8.49. The largest absolute Gasteiger partial charge is 0.478 e. The van der Waals surface area contributed by atoms with Gasteiger partial charge >= 0.3 is 5.97 Å². The average Bonchev–Trinajstić information content (AvgIpc) is 2.30. The molecule has 0 saturated carbocycles. The number of benzene rings is 2. The predicted molar refractivity (Wildman–Crippen MR) is 68.5 cm³/mol. The fourth-order valence-corrected chi connectivity index (χ4v) is 1.90. The standard InChI is InChI=1S/C14H10ClFO2/c1-8-2-3-9(6-12(8)14(17)18)11-5-4-10(15)7-13(11)16/h2-7H,1H3,(H,17,18). The van der Waals surface area contributed by atoms with E-state index in [0.717, 1.165) is 0 Å². The fourth-order valence-electron chi connectivity index (χ4n) is 1.74. The van der Waals surface area contributed by atoms with Crippen LogP contribution in [-0.2, 0) is 0 Å². The van der Waals surface area contributed by atoms with Gasteiger partial charge in [0.1, 0.15) is 5.82 Å². The lowest BCUT2D eigenvalue weighted by atomic mass is 9.99. The van der Waals surface area contributed by atoms with Crippen molar-refractivity contribution in [2.75, 3.05) is 0 Å². The van der Waals surface area contributed by atoms with E-state index in [4.69, 9.17) is 16.7 Å². The molecule has 2 nitrogen and oxygen atoms in total. The number of hydrogen-bond acceptors (Lipinski definition) is 1. The Kier molecular flexibility index (Phi) is 3.34. The highest BCUT2D eigenvalue weighted by atomic mass is 35.5. The molecule has 92 valence electrons. The monoisotopic (exact) mass is 264 g/mol. The van der Waals surface area contributed by atoms with E-state index in [2.05, 4.69) is 0 Å². The summed E-state index contributed by atoms with van der Waals surface area (Å²) in [6.07, 6.45) is 0. The molecule has 0 unspecified atom stereocenters. The molecule has 2 aromatic rings. The Labute approximate surface area is 109 Å². The smallest absolute Gasteiger partial charge is 0.335 e. The first-order valence-electron chi connectivity index (χ1n) is 5.28. The lowest BCUT2D eigenvalue weighted by molar-refractivity contribution is 0.0696. The molecule has 0 aliphatic heterocycles. The second-order valence-electron chi connectivity index (χ2n) is 3.96.